The van der Waals surface area contributed by atoms with Crippen LogP contribution in [0.15, 0.2) is 82.6 Å². The van der Waals surface area contributed by atoms with Crippen LogP contribution in [0.2, 0.25) is 0 Å². The number of benzene rings is 3. The molecule has 0 N–H and O–H groups in total. The van der Waals surface area contributed by atoms with Crippen LogP contribution in [0.3, 0.4) is 0 Å². The Balaban J connectivity index is 1.75. The number of sulfonamides is 1. The maximum Gasteiger partial charge on any atom is 0.264 e. The molecule has 4 rings (SSSR count). The number of hydrogen-bond acceptors (Lipinski definition) is 5. The predicted octanol–water partition coefficient (Wildman–Crippen LogP) is 4.98. The molecule has 0 unspecified atom stereocenters. The lowest BCUT2D eigenvalue weighted by Crippen LogP contribution is -2.45. The molecule has 34 heavy (non-hydrogen) atoms. The lowest BCUT2D eigenvalue weighted by atomic mass is 10.0. The maximum atomic E-state index is 13.8. The number of nitrogens with zero attached hydrogens (tertiary/aromatic N) is 2. The monoisotopic (exact) mass is 496 g/mol. The van der Waals surface area contributed by atoms with Crippen LogP contribution in [0, 0.1) is 0 Å². The van der Waals surface area contributed by atoms with E-state index in [4.69, 9.17) is 4.74 Å². The molecule has 3 aromatic rings. The Morgan fingerprint density at radius 1 is 1.03 bits per heavy atom. The smallest absolute Gasteiger partial charge is 0.264 e. The van der Waals surface area contributed by atoms with Gasteiger partial charge in [-0.05, 0) is 74.0 Å². The van der Waals surface area contributed by atoms with Crippen LogP contribution in [0.1, 0.15) is 18.9 Å². The number of para-hydroxylation sites is 3. The molecule has 1 aliphatic rings. The van der Waals surface area contributed by atoms with Crippen molar-refractivity contribution in [1.29, 1.82) is 0 Å². The van der Waals surface area contributed by atoms with E-state index in [2.05, 4.69) is 0 Å². The van der Waals surface area contributed by atoms with Gasteiger partial charge in [-0.25, -0.2) is 8.42 Å². The van der Waals surface area contributed by atoms with Crippen LogP contribution >= 0.6 is 11.8 Å². The first-order valence-corrected chi connectivity index (χ1v) is 13.9. The third kappa shape index (κ3) is 4.93. The van der Waals surface area contributed by atoms with E-state index in [0.29, 0.717) is 24.6 Å². The molecule has 8 heteroatoms. The van der Waals surface area contributed by atoms with Gasteiger partial charge in [-0.3, -0.25) is 9.10 Å². The first kappa shape index (κ1) is 24.2. The molecular formula is C26H28N2O4S2. The summed E-state index contributed by atoms with van der Waals surface area (Å²) >= 11 is 1.54. The van der Waals surface area contributed by atoms with Crippen LogP contribution in [-0.2, 0) is 21.2 Å². The molecule has 1 amide bonds. The van der Waals surface area contributed by atoms with Gasteiger partial charge in [-0.2, -0.15) is 0 Å². The molecular weight excluding hydrogens is 468 g/mol. The van der Waals surface area contributed by atoms with E-state index in [1.54, 1.807) is 53.4 Å². The summed E-state index contributed by atoms with van der Waals surface area (Å²) in [5.74, 6) is 0.143. The minimum atomic E-state index is -4.03. The Bertz CT molecular complexity index is 1260. The van der Waals surface area contributed by atoms with Crippen LogP contribution in [0.5, 0.6) is 5.75 Å². The summed E-state index contributed by atoms with van der Waals surface area (Å²) in [5.41, 5.74) is 2.29. The van der Waals surface area contributed by atoms with Gasteiger partial charge in [0.1, 0.15) is 12.3 Å². The minimum absolute atomic E-state index is 0.128. The van der Waals surface area contributed by atoms with Gasteiger partial charge >= 0.3 is 0 Å². The fourth-order valence-electron chi connectivity index (χ4n) is 4.12. The lowest BCUT2D eigenvalue weighted by molar-refractivity contribution is -0.117. The molecule has 0 aliphatic carbocycles. The van der Waals surface area contributed by atoms with E-state index in [0.717, 1.165) is 29.0 Å². The number of ether oxygens (including phenoxy) is 1. The molecule has 0 spiro atoms. The summed E-state index contributed by atoms with van der Waals surface area (Å²) in [5, 5.41) is 0. The summed E-state index contributed by atoms with van der Waals surface area (Å²) in [7, 11) is -4.03. The van der Waals surface area contributed by atoms with Crippen molar-refractivity contribution in [3.8, 4) is 5.75 Å². The summed E-state index contributed by atoms with van der Waals surface area (Å²) in [6, 6.07) is 21.4. The summed E-state index contributed by atoms with van der Waals surface area (Å²) in [6.45, 7) is 2.44. The van der Waals surface area contributed by atoms with Crippen molar-refractivity contribution in [2.24, 2.45) is 0 Å². The standard InChI is InChI=1S/C26H28N2O4S2/c1-3-32-25-13-7-6-12-24(25)28(34(30,31)22-16-14-21(33-2)15-17-22)19-26(29)27-18-8-10-20-9-4-5-11-23(20)27/h4-7,9,11-17H,3,8,10,18-19H2,1-2H3. The Labute approximate surface area is 205 Å². The van der Waals surface area contributed by atoms with Crippen molar-refractivity contribution in [3.63, 3.8) is 0 Å². The van der Waals surface area contributed by atoms with E-state index in [1.807, 2.05) is 37.4 Å². The van der Waals surface area contributed by atoms with E-state index in [1.165, 1.54) is 16.1 Å². The van der Waals surface area contributed by atoms with Crippen molar-refractivity contribution in [2.45, 2.75) is 29.6 Å². The Hall–Kier alpha value is -2.97. The molecule has 0 saturated heterocycles. The van der Waals surface area contributed by atoms with E-state index in [-0.39, 0.29) is 17.3 Å². The van der Waals surface area contributed by atoms with Crippen LogP contribution in [0.4, 0.5) is 11.4 Å². The van der Waals surface area contributed by atoms with Crippen molar-refractivity contribution in [3.05, 3.63) is 78.4 Å². The number of hydrogen-bond donors (Lipinski definition) is 0. The SMILES string of the molecule is CCOc1ccccc1N(CC(=O)N1CCCc2ccccc21)S(=O)(=O)c1ccc(SC)cc1. The maximum absolute atomic E-state index is 13.8. The van der Waals surface area contributed by atoms with Crippen molar-refractivity contribution < 1.29 is 17.9 Å². The first-order valence-electron chi connectivity index (χ1n) is 11.2. The summed E-state index contributed by atoms with van der Waals surface area (Å²) in [6.07, 6.45) is 3.67. The Morgan fingerprint density at radius 3 is 2.47 bits per heavy atom. The normalized spacial score (nSPS) is 13.3. The van der Waals surface area contributed by atoms with E-state index in [9.17, 15) is 13.2 Å². The second kappa shape index (κ2) is 10.5. The topological polar surface area (TPSA) is 66.9 Å². The van der Waals surface area contributed by atoms with Crippen molar-refractivity contribution in [1.82, 2.24) is 0 Å². The number of carbonyl (C=O) groups excluding carboxylic acids is 1. The average Bonchev–Trinajstić information content (AvgIpc) is 2.87. The first-order chi connectivity index (χ1) is 16.5. The highest BCUT2D eigenvalue weighted by Crippen LogP contribution is 2.34. The lowest BCUT2D eigenvalue weighted by Gasteiger charge is -2.32. The van der Waals surface area contributed by atoms with Gasteiger partial charge in [-0.1, -0.05) is 30.3 Å². The largest absolute Gasteiger partial charge is 0.492 e. The summed E-state index contributed by atoms with van der Waals surface area (Å²) in [4.78, 5) is 16.4. The highest BCUT2D eigenvalue weighted by atomic mass is 32.2. The number of rotatable bonds is 8. The fraction of sp³-hybridized carbons (Fsp3) is 0.269. The molecule has 1 aliphatic heterocycles. The number of aryl methyl sites for hydroxylation is 1. The van der Waals surface area contributed by atoms with Gasteiger partial charge in [0.15, 0.2) is 0 Å². The molecule has 178 valence electrons. The third-order valence-corrected chi connectivity index (χ3v) is 8.29. The highest BCUT2D eigenvalue weighted by molar-refractivity contribution is 7.98. The molecule has 0 fully saturated rings. The molecule has 0 bridgehead atoms. The zero-order valence-electron chi connectivity index (χ0n) is 19.3. The van der Waals surface area contributed by atoms with Crippen LogP contribution in [-0.4, -0.2) is 40.3 Å². The van der Waals surface area contributed by atoms with E-state index >= 15 is 0 Å². The number of fused-ring (bicyclic) bond motifs is 1. The van der Waals surface area contributed by atoms with Gasteiger partial charge in [0.25, 0.3) is 10.0 Å². The molecule has 0 atom stereocenters. The molecule has 0 saturated carbocycles. The number of carbonyl (C=O) groups is 1. The fourth-order valence-corrected chi connectivity index (χ4v) is 5.95. The third-order valence-electron chi connectivity index (χ3n) is 5.77. The molecule has 0 radical (unpaired) electrons. The molecule has 3 aromatic carbocycles. The molecule has 0 aromatic heterocycles. The molecule has 1 heterocycles. The zero-order chi connectivity index (χ0) is 24.1. The van der Waals surface area contributed by atoms with Gasteiger partial charge < -0.3 is 9.64 Å². The second-order valence-corrected chi connectivity index (χ2v) is 10.6. The minimum Gasteiger partial charge on any atom is -0.492 e. The summed E-state index contributed by atoms with van der Waals surface area (Å²) < 4.78 is 34.6. The Kier molecular flexibility index (Phi) is 7.48. The quantitative estimate of drug-likeness (QED) is 0.412. The average molecular weight is 497 g/mol. The van der Waals surface area contributed by atoms with Crippen molar-refractivity contribution in [2.75, 3.05) is 35.2 Å². The van der Waals surface area contributed by atoms with Gasteiger partial charge in [0.05, 0.1) is 17.2 Å². The highest BCUT2D eigenvalue weighted by Gasteiger charge is 2.32. The van der Waals surface area contributed by atoms with Gasteiger partial charge in [0, 0.05) is 17.1 Å². The van der Waals surface area contributed by atoms with E-state index < -0.39 is 10.0 Å². The van der Waals surface area contributed by atoms with Crippen LogP contribution < -0.4 is 13.9 Å². The predicted molar refractivity (Wildman–Crippen MR) is 137 cm³/mol. The second-order valence-electron chi connectivity index (χ2n) is 7.87. The van der Waals surface area contributed by atoms with Gasteiger partial charge in [-0.15, -0.1) is 11.8 Å². The number of amides is 1. The van der Waals surface area contributed by atoms with Crippen molar-refractivity contribution >= 4 is 39.1 Å². The number of anilines is 2. The van der Waals surface area contributed by atoms with Crippen LogP contribution in [0.25, 0.3) is 0 Å². The van der Waals surface area contributed by atoms with Gasteiger partial charge in [0.2, 0.25) is 5.91 Å². The molecule has 6 nitrogen and oxygen atoms in total. The zero-order valence-corrected chi connectivity index (χ0v) is 20.9. The number of thioether (sulfide) groups is 1. The Morgan fingerprint density at radius 2 is 1.74 bits per heavy atom.